The van der Waals surface area contributed by atoms with Gasteiger partial charge in [0.15, 0.2) is 0 Å². The molecule has 0 aliphatic heterocycles. The number of carbonyl (C=O) groups is 1. The van der Waals surface area contributed by atoms with Gasteiger partial charge in [-0.15, -0.1) is 0 Å². The van der Waals surface area contributed by atoms with Crippen LogP contribution in [0.3, 0.4) is 0 Å². The molecule has 0 fully saturated rings. The van der Waals surface area contributed by atoms with Crippen LogP contribution in [0.4, 0.5) is 5.69 Å². The average molecular weight is 265 g/mol. The van der Waals surface area contributed by atoms with E-state index in [0.29, 0.717) is 23.5 Å². The van der Waals surface area contributed by atoms with Crippen LogP contribution >= 0.6 is 0 Å². The number of methoxy groups -OCH3 is 1. The molecule has 19 heavy (non-hydrogen) atoms. The van der Waals surface area contributed by atoms with Gasteiger partial charge in [0.05, 0.1) is 12.7 Å². The molecular weight excluding hydrogens is 242 g/mol. The number of nitrogens with zero attached hydrogens (tertiary/aromatic N) is 1. The Kier molecular flexibility index (Phi) is 4.78. The van der Waals surface area contributed by atoms with Gasteiger partial charge in [-0.3, -0.25) is 4.79 Å². The van der Waals surface area contributed by atoms with Crippen molar-refractivity contribution in [2.24, 2.45) is 0 Å². The molecule has 0 spiro atoms. The molecule has 1 aromatic carbocycles. The standard InChI is InChI=1S/C14H23N3O2/c1-14(2,17(3)4)9-16-13(18)11-8-10(15)6-7-12(11)19-5/h6-8H,9,15H2,1-5H3,(H,16,18). The van der Waals surface area contributed by atoms with E-state index >= 15 is 0 Å². The van der Waals surface area contributed by atoms with Crippen LogP contribution in [0.15, 0.2) is 18.2 Å². The number of rotatable bonds is 5. The van der Waals surface area contributed by atoms with Crippen molar-refractivity contribution in [3.05, 3.63) is 23.8 Å². The van der Waals surface area contributed by atoms with E-state index in [1.165, 1.54) is 7.11 Å². The summed E-state index contributed by atoms with van der Waals surface area (Å²) < 4.78 is 5.17. The van der Waals surface area contributed by atoms with Gasteiger partial charge in [-0.25, -0.2) is 0 Å². The number of benzene rings is 1. The predicted molar refractivity (Wildman–Crippen MR) is 77.5 cm³/mol. The average Bonchev–Trinajstić information content (AvgIpc) is 2.35. The lowest BCUT2D eigenvalue weighted by atomic mass is 10.0. The molecule has 0 heterocycles. The van der Waals surface area contributed by atoms with Crippen LogP contribution in [-0.2, 0) is 0 Å². The zero-order chi connectivity index (χ0) is 14.6. The summed E-state index contributed by atoms with van der Waals surface area (Å²) in [5, 5.41) is 2.91. The van der Waals surface area contributed by atoms with Crippen LogP contribution in [0.2, 0.25) is 0 Å². The van der Waals surface area contributed by atoms with Crippen LogP contribution in [0, 0.1) is 0 Å². The van der Waals surface area contributed by atoms with Crippen molar-refractivity contribution in [1.82, 2.24) is 10.2 Å². The zero-order valence-corrected chi connectivity index (χ0v) is 12.3. The van der Waals surface area contributed by atoms with E-state index in [1.54, 1.807) is 18.2 Å². The van der Waals surface area contributed by atoms with Gasteiger partial charge in [0.1, 0.15) is 5.75 Å². The lowest BCUT2D eigenvalue weighted by molar-refractivity contribution is 0.0916. The smallest absolute Gasteiger partial charge is 0.255 e. The first-order valence-electron chi connectivity index (χ1n) is 6.17. The molecular formula is C14H23N3O2. The van der Waals surface area contributed by atoms with Crippen molar-refractivity contribution in [2.75, 3.05) is 33.5 Å². The number of hydrogen-bond donors (Lipinski definition) is 2. The Hall–Kier alpha value is -1.75. The molecule has 3 N–H and O–H groups in total. The van der Waals surface area contributed by atoms with Crippen molar-refractivity contribution in [1.29, 1.82) is 0 Å². The largest absolute Gasteiger partial charge is 0.496 e. The van der Waals surface area contributed by atoms with Crippen molar-refractivity contribution in [3.8, 4) is 5.75 Å². The third kappa shape index (κ3) is 3.86. The summed E-state index contributed by atoms with van der Waals surface area (Å²) in [6.45, 7) is 4.66. The van der Waals surface area contributed by atoms with Crippen molar-refractivity contribution < 1.29 is 9.53 Å². The van der Waals surface area contributed by atoms with Crippen molar-refractivity contribution in [2.45, 2.75) is 19.4 Å². The van der Waals surface area contributed by atoms with E-state index in [9.17, 15) is 4.79 Å². The summed E-state index contributed by atoms with van der Waals surface area (Å²) in [5.74, 6) is 0.341. The number of carbonyl (C=O) groups excluding carboxylic acids is 1. The second kappa shape index (κ2) is 5.93. The third-order valence-corrected chi connectivity index (χ3v) is 3.36. The van der Waals surface area contributed by atoms with E-state index in [0.717, 1.165) is 0 Å². The molecule has 1 rings (SSSR count). The van der Waals surface area contributed by atoms with Gasteiger partial charge in [0, 0.05) is 17.8 Å². The van der Waals surface area contributed by atoms with Gasteiger partial charge in [0.2, 0.25) is 0 Å². The van der Waals surface area contributed by atoms with E-state index in [1.807, 2.05) is 14.1 Å². The van der Waals surface area contributed by atoms with Gasteiger partial charge in [-0.2, -0.15) is 0 Å². The second-order valence-electron chi connectivity index (χ2n) is 5.35. The fourth-order valence-electron chi connectivity index (χ4n) is 1.45. The summed E-state index contributed by atoms with van der Waals surface area (Å²) in [6.07, 6.45) is 0. The number of likely N-dealkylation sites (N-methyl/N-ethyl adjacent to an activating group) is 1. The maximum Gasteiger partial charge on any atom is 0.255 e. The Morgan fingerprint density at radius 2 is 2.05 bits per heavy atom. The molecule has 1 amide bonds. The highest BCUT2D eigenvalue weighted by molar-refractivity contribution is 5.97. The molecule has 106 valence electrons. The van der Waals surface area contributed by atoms with E-state index in [-0.39, 0.29) is 11.4 Å². The molecule has 5 nitrogen and oxygen atoms in total. The van der Waals surface area contributed by atoms with Crippen LogP contribution in [0.1, 0.15) is 24.2 Å². The summed E-state index contributed by atoms with van der Waals surface area (Å²) >= 11 is 0. The minimum absolute atomic E-state index is 0.122. The van der Waals surface area contributed by atoms with Crippen LogP contribution in [-0.4, -0.2) is 44.1 Å². The Bertz CT molecular complexity index is 456. The normalized spacial score (nSPS) is 11.5. The molecule has 0 bridgehead atoms. The third-order valence-electron chi connectivity index (χ3n) is 3.36. The molecule has 0 saturated carbocycles. The van der Waals surface area contributed by atoms with Crippen LogP contribution in [0.5, 0.6) is 5.75 Å². The van der Waals surface area contributed by atoms with Crippen LogP contribution in [0.25, 0.3) is 0 Å². The number of amides is 1. The monoisotopic (exact) mass is 265 g/mol. The number of nitrogen functional groups attached to an aromatic ring is 1. The lowest BCUT2D eigenvalue weighted by Crippen LogP contribution is -2.48. The molecule has 0 aliphatic carbocycles. The zero-order valence-electron chi connectivity index (χ0n) is 12.3. The Balaban J connectivity index is 2.82. The SMILES string of the molecule is COc1ccc(N)cc1C(=O)NCC(C)(C)N(C)C. The molecule has 0 unspecified atom stereocenters. The first kappa shape index (κ1) is 15.3. The molecule has 0 aliphatic rings. The minimum Gasteiger partial charge on any atom is -0.496 e. The van der Waals surface area contributed by atoms with Gasteiger partial charge in [-0.1, -0.05) is 0 Å². The molecule has 0 saturated heterocycles. The topological polar surface area (TPSA) is 67.6 Å². The van der Waals surface area contributed by atoms with Gasteiger partial charge in [0.25, 0.3) is 5.91 Å². The van der Waals surface area contributed by atoms with Crippen molar-refractivity contribution in [3.63, 3.8) is 0 Å². The number of ether oxygens (including phenoxy) is 1. The minimum atomic E-state index is -0.181. The molecule has 5 heteroatoms. The maximum absolute atomic E-state index is 12.2. The van der Waals surface area contributed by atoms with Crippen molar-refractivity contribution >= 4 is 11.6 Å². The summed E-state index contributed by atoms with van der Waals surface area (Å²) in [5.41, 5.74) is 6.58. The first-order valence-corrected chi connectivity index (χ1v) is 6.17. The second-order valence-corrected chi connectivity index (χ2v) is 5.35. The van der Waals surface area contributed by atoms with E-state index in [2.05, 4.69) is 24.1 Å². The summed E-state index contributed by atoms with van der Waals surface area (Å²) in [6, 6.07) is 5.03. The number of anilines is 1. The number of hydrogen-bond acceptors (Lipinski definition) is 4. The van der Waals surface area contributed by atoms with Gasteiger partial charge < -0.3 is 20.7 Å². The predicted octanol–water partition coefficient (Wildman–Crippen LogP) is 1.35. The van der Waals surface area contributed by atoms with Gasteiger partial charge >= 0.3 is 0 Å². The van der Waals surface area contributed by atoms with E-state index < -0.39 is 0 Å². The fraction of sp³-hybridized carbons (Fsp3) is 0.500. The lowest BCUT2D eigenvalue weighted by Gasteiger charge is -2.32. The highest BCUT2D eigenvalue weighted by Gasteiger charge is 2.22. The quantitative estimate of drug-likeness (QED) is 0.789. The highest BCUT2D eigenvalue weighted by Crippen LogP contribution is 2.21. The van der Waals surface area contributed by atoms with E-state index in [4.69, 9.17) is 10.5 Å². The summed E-state index contributed by atoms with van der Waals surface area (Å²) in [7, 11) is 5.49. The highest BCUT2D eigenvalue weighted by atomic mass is 16.5. The Morgan fingerprint density at radius 1 is 1.42 bits per heavy atom. The molecule has 0 aromatic heterocycles. The Morgan fingerprint density at radius 3 is 2.58 bits per heavy atom. The maximum atomic E-state index is 12.2. The van der Waals surface area contributed by atoms with Crippen LogP contribution < -0.4 is 15.8 Å². The Labute approximate surface area is 114 Å². The molecule has 0 atom stereocenters. The number of nitrogens with one attached hydrogen (secondary N) is 1. The molecule has 0 radical (unpaired) electrons. The first-order chi connectivity index (χ1) is 8.77. The summed E-state index contributed by atoms with van der Waals surface area (Å²) in [4.78, 5) is 14.2. The fourth-order valence-corrected chi connectivity index (χ4v) is 1.45. The van der Waals surface area contributed by atoms with Gasteiger partial charge in [-0.05, 0) is 46.1 Å². The molecule has 1 aromatic rings. The number of nitrogens with two attached hydrogens (primary N) is 1.